The zero-order valence-electron chi connectivity index (χ0n) is 15.0. The Morgan fingerprint density at radius 3 is 2.85 bits per heavy atom. The Morgan fingerprint density at radius 2 is 2.15 bits per heavy atom. The first-order chi connectivity index (χ1) is 12.5. The van der Waals surface area contributed by atoms with Crippen molar-refractivity contribution in [2.45, 2.75) is 26.5 Å². The smallest absolute Gasteiger partial charge is 0.338 e. The molecule has 7 nitrogen and oxygen atoms in total. The van der Waals surface area contributed by atoms with Gasteiger partial charge in [0, 0.05) is 18.5 Å². The number of aromatic nitrogens is 1. The van der Waals surface area contributed by atoms with Gasteiger partial charge in [-0.2, -0.15) is 0 Å². The third-order valence-corrected chi connectivity index (χ3v) is 4.10. The van der Waals surface area contributed by atoms with Gasteiger partial charge >= 0.3 is 5.97 Å². The van der Waals surface area contributed by atoms with Gasteiger partial charge in [-0.15, -0.1) is 11.3 Å². The van der Waals surface area contributed by atoms with Crippen LogP contribution in [0.4, 0.5) is 0 Å². The Labute approximate surface area is 156 Å². The van der Waals surface area contributed by atoms with Gasteiger partial charge in [0.15, 0.2) is 6.61 Å². The second-order valence-corrected chi connectivity index (χ2v) is 6.74. The summed E-state index contributed by atoms with van der Waals surface area (Å²) in [4.78, 5) is 28.1. The Balaban J connectivity index is 1.84. The van der Waals surface area contributed by atoms with Crippen LogP contribution in [0.15, 0.2) is 29.6 Å². The number of carbonyl (C=O) groups excluding carboxylic acids is 2. The number of rotatable bonds is 9. The SMILES string of the molecule is COCC(C)NC(=O)COC(=O)c1cccc(OCc2csc(C)n2)c1. The molecule has 1 heterocycles. The van der Waals surface area contributed by atoms with E-state index in [4.69, 9.17) is 14.2 Å². The number of methoxy groups -OCH3 is 1. The third kappa shape index (κ3) is 6.45. The number of esters is 1. The summed E-state index contributed by atoms with van der Waals surface area (Å²) in [7, 11) is 1.55. The Kier molecular flexibility index (Phi) is 7.55. The zero-order valence-corrected chi connectivity index (χ0v) is 15.8. The first kappa shape index (κ1) is 19.9. The summed E-state index contributed by atoms with van der Waals surface area (Å²) >= 11 is 1.55. The number of ether oxygens (including phenoxy) is 3. The second-order valence-electron chi connectivity index (χ2n) is 5.67. The highest BCUT2D eigenvalue weighted by atomic mass is 32.1. The van der Waals surface area contributed by atoms with E-state index in [0.717, 1.165) is 10.7 Å². The summed E-state index contributed by atoms with van der Waals surface area (Å²) in [6, 6.07) is 6.46. The van der Waals surface area contributed by atoms with Gasteiger partial charge < -0.3 is 19.5 Å². The standard InChI is InChI=1S/C18H22N2O5S/c1-12(8-23-3)19-17(21)10-25-18(22)14-5-4-6-16(7-14)24-9-15-11-26-13(2)20-15/h4-7,11-12H,8-10H2,1-3H3,(H,19,21). The third-order valence-electron chi connectivity index (χ3n) is 3.28. The van der Waals surface area contributed by atoms with Crippen LogP contribution in [0, 0.1) is 6.92 Å². The lowest BCUT2D eigenvalue weighted by Crippen LogP contribution is -2.38. The molecular formula is C18H22N2O5S. The molecule has 0 bridgehead atoms. The minimum Gasteiger partial charge on any atom is -0.487 e. The van der Waals surface area contributed by atoms with Crippen molar-refractivity contribution in [1.82, 2.24) is 10.3 Å². The molecule has 0 saturated heterocycles. The van der Waals surface area contributed by atoms with Crippen LogP contribution in [0.5, 0.6) is 5.75 Å². The van der Waals surface area contributed by atoms with Crippen molar-refractivity contribution in [2.75, 3.05) is 20.3 Å². The fraction of sp³-hybridized carbons (Fsp3) is 0.389. The van der Waals surface area contributed by atoms with Crippen molar-refractivity contribution < 1.29 is 23.8 Å². The molecule has 0 radical (unpaired) electrons. The largest absolute Gasteiger partial charge is 0.487 e. The van der Waals surface area contributed by atoms with Gasteiger partial charge in [-0.3, -0.25) is 4.79 Å². The van der Waals surface area contributed by atoms with E-state index in [-0.39, 0.29) is 18.6 Å². The van der Waals surface area contributed by atoms with Gasteiger partial charge in [0.2, 0.25) is 0 Å². The minimum absolute atomic E-state index is 0.155. The lowest BCUT2D eigenvalue weighted by Gasteiger charge is -2.12. The molecule has 1 amide bonds. The van der Waals surface area contributed by atoms with Crippen LogP contribution >= 0.6 is 11.3 Å². The number of benzene rings is 1. The second kappa shape index (κ2) is 9.88. The van der Waals surface area contributed by atoms with Gasteiger partial charge in [-0.1, -0.05) is 6.07 Å². The van der Waals surface area contributed by atoms with Crippen molar-refractivity contribution in [2.24, 2.45) is 0 Å². The van der Waals surface area contributed by atoms with Crippen LogP contribution in [-0.2, 0) is 20.9 Å². The fourth-order valence-corrected chi connectivity index (χ4v) is 2.76. The Morgan fingerprint density at radius 1 is 1.35 bits per heavy atom. The molecule has 2 rings (SSSR count). The molecule has 26 heavy (non-hydrogen) atoms. The number of hydrogen-bond donors (Lipinski definition) is 1. The highest BCUT2D eigenvalue weighted by Crippen LogP contribution is 2.17. The number of thiazole rings is 1. The summed E-state index contributed by atoms with van der Waals surface area (Å²) in [6.45, 7) is 4.08. The topological polar surface area (TPSA) is 86.8 Å². The Bertz CT molecular complexity index is 747. The molecule has 0 aliphatic carbocycles. The summed E-state index contributed by atoms with van der Waals surface area (Å²) < 4.78 is 15.6. The highest BCUT2D eigenvalue weighted by molar-refractivity contribution is 7.09. The lowest BCUT2D eigenvalue weighted by molar-refractivity contribution is -0.125. The predicted octanol–water partition coefficient (Wildman–Crippen LogP) is 2.34. The minimum atomic E-state index is -0.588. The van der Waals surface area contributed by atoms with Crippen LogP contribution in [-0.4, -0.2) is 43.2 Å². The summed E-state index contributed by atoms with van der Waals surface area (Å²) in [5.41, 5.74) is 1.15. The Hall–Kier alpha value is -2.45. The number of carbonyl (C=O) groups is 2. The van der Waals surface area contributed by atoms with E-state index in [9.17, 15) is 9.59 Å². The first-order valence-corrected chi connectivity index (χ1v) is 8.95. The molecule has 8 heteroatoms. The van der Waals surface area contributed by atoms with Gasteiger partial charge in [-0.25, -0.2) is 9.78 Å². The van der Waals surface area contributed by atoms with E-state index in [2.05, 4.69) is 10.3 Å². The molecule has 0 fully saturated rings. The van der Waals surface area contributed by atoms with E-state index in [0.29, 0.717) is 24.5 Å². The molecule has 0 aliphatic rings. The number of hydrogen-bond acceptors (Lipinski definition) is 7. The van der Waals surface area contributed by atoms with Gasteiger partial charge in [0.25, 0.3) is 5.91 Å². The maximum atomic E-state index is 12.1. The molecule has 0 aliphatic heterocycles. The number of amides is 1. The number of nitrogens with one attached hydrogen (secondary N) is 1. The maximum absolute atomic E-state index is 12.1. The van der Waals surface area contributed by atoms with E-state index in [1.807, 2.05) is 12.3 Å². The van der Waals surface area contributed by atoms with Crippen molar-refractivity contribution in [3.05, 3.63) is 45.9 Å². The first-order valence-electron chi connectivity index (χ1n) is 8.07. The van der Waals surface area contributed by atoms with Crippen LogP contribution < -0.4 is 10.1 Å². The van der Waals surface area contributed by atoms with E-state index in [1.165, 1.54) is 0 Å². The van der Waals surface area contributed by atoms with Gasteiger partial charge in [0.05, 0.1) is 22.9 Å². The normalized spacial score (nSPS) is 11.7. The summed E-state index contributed by atoms with van der Waals surface area (Å²) in [6.07, 6.45) is 0. The quantitative estimate of drug-likeness (QED) is 0.674. The van der Waals surface area contributed by atoms with Gasteiger partial charge in [-0.05, 0) is 32.0 Å². The van der Waals surface area contributed by atoms with E-state index >= 15 is 0 Å². The molecule has 140 valence electrons. The molecule has 1 atom stereocenters. The van der Waals surface area contributed by atoms with Crippen LogP contribution in [0.1, 0.15) is 28.0 Å². The molecule has 2 aromatic rings. The predicted molar refractivity (Wildman–Crippen MR) is 97.4 cm³/mol. The fourth-order valence-electron chi connectivity index (χ4n) is 2.17. The van der Waals surface area contributed by atoms with Crippen LogP contribution in [0.3, 0.4) is 0 Å². The number of nitrogens with zero attached hydrogens (tertiary/aromatic N) is 1. The average molecular weight is 378 g/mol. The maximum Gasteiger partial charge on any atom is 0.338 e. The molecule has 1 aromatic carbocycles. The van der Waals surface area contributed by atoms with Crippen molar-refractivity contribution in [1.29, 1.82) is 0 Å². The lowest BCUT2D eigenvalue weighted by atomic mass is 10.2. The average Bonchev–Trinajstić information content (AvgIpc) is 3.03. The molecule has 1 aromatic heterocycles. The van der Waals surface area contributed by atoms with Crippen LogP contribution in [0.2, 0.25) is 0 Å². The molecule has 1 N–H and O–H groups in total. The number of aryl methyl sites for hydroxylation is 1. The zero-order chi connectivity index (χ0) is 18.9. The molecule has 0 spiro atoms. The summed E-state index contributed by atoms with van der Waals surface area (Å²) in [5.74, 6) is -0.438. The molecule has 0 saturated carbocycles. The van der Waals surface area contributed by atoms with Crippen LogP contribution in [0.25, 0.3) is 0 Å². The van der Waals surface area contributed by atoms with Crippen molar-refractivity contribution in [3.63, 3.8) is 0 Å². The highest BCUT2D eigenvalue weighted by Gasteiger charge is 2.13. The summed E-state index contributed by atoms with van der Waals surface area (Å²) in [5, 5.41) is 5.57. The van der Waals surface area contributed by atoms with Crippen molar-refractivity contribution in [3.8, 4) is 5.75 Å². The monoisotopic (exact) mass is 378 g/mol. The van der Waals surface area contributed by atoms with E-state index in [1.54, 1.807) is 49.6 Å². The van der Waals surface area contributed by atoms with Crippen molar-refractivity contribution >= 4 is 23.2 Å². The van der Waals surface area contributed by atoms with Gasteiger partial charge in [0.1, 0.15) is 12.4 Å². The molecule has 1 unspecified atom stereocenters. The molecular weight excluding hydrogens is 356 g/mol. The van der Waals surface area contributed by atoms with E-state index < -0.39 is 5.97 Å².